The van der Waals surface area contributed by atoms with E-state index >= 15 is 0 Å². The zero-order valence-corrected chi connectivity index (χ0v) is 12.6. The predicted molar refractivity (Wildman–Crippen MR) is 74.8 cm³/mol. The molecule has 2 amide bonds. The number of thioether (sulfide) groups is 1. The van der Waals surface area contributed by atoms with E-state index in [9.17, 15) is 14.4 Å². The molecular weight excluding hydrogens is 280 g/mol. The molecule has 1 saturated heterocycles. The third-order valence-electron chi connectivity index (χ3n) is 2.89. The van der Waals surface area contributed by atoms with Crippen LogP contribution in [0, 0.1) is 0 Å². The van der Waals surface area contributed by atoms with Crippen LogP contribution in [0.15, 0.2) is 11.6 Å². The third-order valence-corrected chi connectivity index (χ3v) is 3.63. The standard InChI is InChI=1S/C13H18N2O4S/c1-13(2,3)19-12(18)15-7-9(16)6-10(15)11(17)14-4-5-20-8-14/h4-5,10H,6-8H2,1-3H3/t10-/m0/s1. The summed E-state index contributed by atoms with van der Waals surface area (Å²) in [6.45, 7) is 5.19. The number of hydrogen-bond acceptors (Lipinski definition) is 5. The molecule has 20 heavy (non-hydrogen) atoms. The van der Waals surface area contributed by atoms with E-state index in [4.69, 9.17) is 4.74 Å². The topological polar surface area (TPSA) is 66.9 Å². The van der Waals surface area contributed by atoms with Gasteiger partial charge in [0.25, 0.3) is 5.91 Å². The van der Waals surface area contributed by atoms with E-state index in [1.54, 1.807) is 27.0 Å². The van der Waals surface area contributed by atoms with Crippen molar-refractivity contribution in [2.24, 2.45) is 0 Å². The second kappa shape index (κ2) is 5.47. The number of ether oxygens (including phenoxy) is 1. The van der Waals surface area contributed by atoms with Gasteiger partial charge in [-0.3, -0.25) is 14.5 Å². The SMILES string of the molecule is CC(C)(C)OC(=O)N1CC(=O)C[C@H]1C(=O)N1C=CSC1. The Morgan fingerprint density at radius 1 is 1.40 bits per heavy atom. The van der Waals surface area contributed by atoms with Crippen molar-refractivity contribution in [3.05, 3.63) is 11.6 Å². The van der Waals surface area contributed by atoms with Crippen molar-refractivity contribution in [2.75, 3.05) is 12.4 Å². The summed E-state index contributed by atoms with van der Waals surface area (Å²) in [7, 11) is 0. The normalized spacial score (nSPS) is 22.6. The lowest BCUT2D eigenvalue weighted by atomic mass is 10.2. The first-order chi connectivity index (χ1) is 9.28. The van der Waals surface area contributed by atoms with Gasteiger partial charge in [-0.25, -0.2) is 4.79 Å². The van der Waals surface area contributed by atoms with Crippen molar-refractivity contribution < 1.29 is 19.1 Å². The number of carbonyl (C=O) groups is 3. The zero-order chi connectivity index (χ0) is 14.9. The highest BCUT2D eigenvalue weighted by Gasteiger charge is 2.42. The quantitative estimate of drug-likeness (QED) is 0.735. The fourth-order valence-corrected chi connectivity index (χ4v) is 2.73. The molecule has 0 radical (unpaired) electrons. The summed E-state index contributed by atoms with van der Waals surface area (Å²) in [4.78, 5) is 38.8. The van der Waals surface area contributed by atoms with Gasteiger partial charge >= 0.3 is 6.09 Å². The van der Waals surface area contributed by atoms with Gasteiger partial charge in [0.05, 0.1) is 12.4 Å². The fraction of sp³-hybridized carbons (Fsp3) is 0.615. The van der Waals surface area contributed by atoms with Gasteiger partial charge in [0, 0.05) is 12.6 Å². The molecule has 0 saturated carbocycles. The molecule has 6 nitrogen and oxygen atoms in total. The van der Waals surface area contributed by atoms with E-state index < -0.39 is 17.7 Å². The van der Waals surface area contributed by atoms with Crippen LogP contribution < -0.4 is 0 Å². The lowest BCUT2D eigenvalue weighted by molar-refractivity contribution is -0.132. The van der Waals surface area contributed by atoms with Crippen molar-refractivity contribution in [1.82, 2.24) is 9.80 Å². The van der Waals surface area contributed by atoms with E-state index in [-0.39, 0.29) is 24.7 Å². The predicted octanol–water partition coefficient (Wildman–Crippen LogP) is 1.57. The highest BCUT2D eigenvalue weighted by molar-refractivity contribution is 8.02. The van der Waals surface area contributed by atoms with Crippen LogP contribution in [0.3, 0.4) is 0 Å². The van der Waals surface area contributed by atoms with E-state index in [0.717, 1.165) is 0 Å². The van der Waals surface area contributed by atoms with Crippen LogP contribution >= 0.6 is 11.8 Å². The lowest BCUT2D eigenvalue weighted by Crippen LogP contribution is -2.47. The Bertz CT molecular complexity index is 469. The number of carbonyl (C=O) groups excluding carboxylic acids is 3. The van der Waals surface area contributed by atoms with Gasteiger partial charge in [-0.05, 0) is 26.2 Å². The first-order valence-corrected chi connectivity index (χ1v) is 7.43. The van der Waals surface area contributed by atoms with Crippen molar-refractivity contribution in [3.8, 4) is 0 Å². The minimum absolute atomic E-state index is 0.0595. The molecule has 1 fully saturated rings. The van der Waals surface area contributed by atoms with Gasteiger partial charge < -0.3 is 9.64 Å². The summed E-state index contributed by atoms with van der Waals surface area (Å²) in [6, 6.07) is -0.749. The van der Waals surface area contributed by atoms with Crippen molar-refractivity contribution in [2.45, 2.75) is 38.8 Å². The minimum atomic E-state index is -0.749. The average Bonchev–Trinajstić information content (AvgIpc) is 2.94. The van der Waals surface area contributed by atoms with E-state index in [2.05, 4.69) is 0 Å². The van der Waals surface area contributed by atoms with Gasteiger partial charge in [0.15, 0.2) is 5.78 Å². The number of Topliss-reactive ketones (excluding diaryl/α,β-unsaturated/α-hetero) is 1. The molecule has 0 aromatic carbocycles. The summed E-state index contributed by atoms with van der Waals surface area (Å²) in [5, 5.41) is 1.81. The van der Waals surface area contributed by atoms with Crippen molar-refractivity contribution in [3.63, 3.8) is 0 Å². The Balaban J connectivity index is 2.10. The third kappa shape index (κ3) is 3.33. The van der Waals surface area contributed by atoms with Crippen LogP contribution in [0.1, 0.15) is 27.2 Å². The number of ketones is 1. The van der Waals surface area contributed by atoms with Crippen LogP contribution in [-0.4, -0.2) is 51.6 Å². The van der Waals surface area contributed by atoms with E-state index in [1.165, 1.54) is 21.6 Å². The highest BCUT2D eigenvalue weighted by Crippen LogP contribution is 2.24. The van der Waals surface area contributed by atoms with Gasteiger partial charge in [-0.1, -0.05) is 0 Å². The Kier molecular flexibility index (Phi) is 4.08. The molecule has 0 unspecified atom stereocenters. The summed E-state index contributed by atoms with van der Waals surface area (Å²) >= 11 is 1.49. The summed E-state index contributed by atoms with van der Waals surface area (Å²) < 4.78 is 5.25. The smallest absolute Gasteiger partial charge is 0.411 e. The van der Waals surface area contributed by atoms with Crippen LogP contribution in [-0.2, 0) is 14.3 Å². The monoisotopic (exact) mass is 298 g/mol. The van der Waals surface area contributed by atoms with Crippen molar-refractivity contribution in [1.29, 1.82) is 0 Å². The number of nitrogens with zero attached hydrogens (tertiary/aromatic N) is 2. The first-order valence-electron chi connectivity index (χ1n) is 6.38. The molecule has 0 N–H and O–H groups in total. The highest BCUT2D eigenvalue weighted by atomic mass is 32.2. The molecule has 0 aromatic heterocycles. The number of likely N-dealkylation sites (tertiary alicyclic amines) is 1. The second-order valence-electron chi connectivity index (χ2n) is 5.76. The molecule has 0 aliphatic carbocycles. The Hall–Kier alpha value is -1.50. The maximum absolute atomic E-state index is 12.3. The molecular formula is C13H18N2O4S. The van der Waals surface area contributed by atoms with Crippen LogP contribution in [0.5, 0.6) is 0 Å². The molecule has 2 aliphatic rings. The second-order valence-corrected chi connectivity index (χ2v) is 6.62. The molecule has 2 aliphatic heterocycles. The average molecular weight is 298 g/mol. The summed E-state index contributed by atoms with van der Waals surface area (Å²) in [5.41, 5.74) is -0.653. The maximum atomic E-state index is 12.3. The largest absolute Gasteiger partial charge is 0.444 e. The maximum Gasteiger partial charge on any atom is 0.411 e. The summed E-state index contributed by atoms with van der Waals surface area (Å²) in [5.74, 6) is 0.166. The minimum Gasteiger partial charge on any atom is -0.444 e. The van der Waals surface area contributed by atoms with Crippen LogP contribution in [0.2, 0.25) is 0 Å². The lowest BCUT2D eigenvalue weighted by Gasteiger charge is -2.28. The number of rotatable bonds is 1. The molecule has 0 spiro atoms. The Labute approximate surface area is 122 Å². The molecule has 7 heteroatoms. The van der Waals surface area contributed by atoms with Crippen molar-refractivity contribution >= 4 is 29.5 Å². The molecule has 110 valence electrons. The molecule has 2 rings (SSSR count). The molecule has 0 aromatic rings. The Morgan fingerprint density at radius 2 is 2.10 bits per heavy atom. The van der Waals surface area contributed by atoms with Crippen LogP contribution in [0.25, 0.3) is 0 Å². The number of hydrogen-bond donors (Lipinski definition) is 0. The first kappa shape index (κ1) is 14.9. The molecule has 0 bridgehead atoms. The fourth-order valence-electron chi connectivity index (χ4n) is 2.03. The number of amides is 2. The van der Waals surface area contributed by atoms with Gasteiger partial charge in [-0.15, -0.1) is 11.8 Å². The Morgan fingerprint density at radius 3 is 2.65 bits per heavy atom. The summed E-state index contributed by atoms with van der Waals surface area (Å²) in [6.07, 6.45) is 1.12. The van der Waals surface area contributed by atoms with Gasteiger partial charge in [-0.2, -0.15) is 0 Å². The van der Waals surface area contributed by atoms with Gasteiger partial charge in [0.2, 0.25) is 0 Å². The zero-order valence-electron chi connectivity index (χ0n) is 11.8. The molecule has 2 heterocycles. The molecule has 1 atom stereocenters. The van der Waals surface area contributed by atoms with E-state index in [0.29, 0.717) is 5.88 Å². The van der Waals surface area contributed by atoms with E-state index in [1.807, 2.05) is 5.41 Å². The van der Waals surface area contributed by atoms with Crippen LogP contribution in [0.4, 0.5) is 4.79 Å². The van der Waals surface area contributed by atoms with Gasteiger partial charge in [0.1, 0.15) is 11.6 Å².